The summed E-state index contributed by atoms with van der Waals surface area (Å²) in [6, 6.07) is 17.4. The van der Waals surface area contributed by atoms with Crippen LogP contribution >= 0.6 is 0 Å². The van der Waals surface area contributed by atoms with Gasteiger partial charge in [-0.3, -0.25) is 4.79 Å². The Morgan fingerprint density at radius 3 is 2.58 bits per heavy atom. The lowest BCUT2D eigenvalue weighted by Crippen LogP contribution is -2.11. The van der Waals surface area contributed by atoms with Crippen molar-refractivity contribution in [2.75, 3.05) is 5.32 Å². The van der Waals surface area contributed by atoms with Gasteiger partial charge >= 0.3 is 0 Å². The van der Waals surface area contributed by atoms with Gasteiger partial charge in [-0.05, 0) is 25.5 Å². The number of nitrogens with one attached hydrogen (secondary N) is 1. The normalized spacial score (nSPS) is 10.5. The van der Waals surface area contributed by atoms with Gasteiger partial charge in [0, 0.05) is 24.1 Å². The van der Waals surface area contributed by atoms with Crippen molar-refractivity contribution in [2.45, 2.75) is 26.2 Å². The number of rotatable bonds is 6. The van der Waals surface area contributed by atoms with Crippen LogP contribution in [0.3, 0.4) is 0 Å². The Hall–Kier alpha value is -2.95. The van der Waals surface area contributed by atoms with Crippen LogP contribution < -0.4 is 5.32 Å². The first-order chi connectivity index (χ1) is 11.7. The Bertz CT molecular complexity index is 795. The van der Waals surface area contributed by atoms with Gasteiger partial charge in [-0.2, -0.15) is 4.98 Å². The molecule has 24 heavy (non-hydrogen) atoms. The first kappa shape index (κ1) is 15.9. The molecule has 3 aromatic rings. The minimum absolute atomic E-state index is 0.0124. The van der Waals surface area contributed by atoms with Crippen molar-refractivity contribution in [3.8, 4) is 11.4 Å². The van der Waals surface area contributed by atoms with Crippen LogP contribution in [0.2, 0.25) is 0 Å². The van der Waals surface area contributed by atoms with Crippen molar-refractivity contribution in [1.82, 2.24) is 10.1 Å². The molecular formula is C19H19N3O2. The molecule has 1 amide bonds. The second kappa shape index (κ2) is 7.55. The lowest BCUT2D eigenvalue weighted by molar-refractivity contribution is -0.116. The monoisotopic (exact) mass is 321 g/mol. The van der Waals surface area contributed by atoms with Crippen molar-refractivity contribution in [1.29, 1.82) is 0 Å². The van der Waals surface area contributed by atoms with Crippen LogP contribution in [0.25, 0.3) is 11.4 Å². The molecule has 122 valence electrons. The van der Waals surface area contributed by atoms with E-state index in [0.717, 1.165) is 11.3 Å². The predicted molar refractivity (Wildman–Crippen MR) is 92.5 cm³/mol. The number of nitrogens with zero attached hydrogens (tertiary/aromatic N) is 2. The maximum atomic E-state index is 11.9. The first-order valence-corrected chi connectivity index (χ1v) is 7.95. The van der Waals surface area contributed by atoms with E-state index in [-0.39, 0.29) is 5.91 Å². The predicted octanol–water partition coefficient (Wildman–Crippen LogP) is 4.01. The molecule has 5 heteroatoms. The van der Waals surface area contributed by atoms with Gasteiger partial charge in [0.25, 0.3) is 0 Å². The zero-order valence-electron chi connectivity index (χ0n) is 13.5. The number of carbonyl (C=O) groups is 1. The van der Waals surface area contributed by atoms with Crippen LogP contribution in [0, 0.1) is 6.92 Å². The van der Waals surface area contributed by atoms with E-state index in [0.29, 0.717) is 31.0 Å². The van der Waals surface area contributed by atoms with Gasteiger partial charge in [0.2, 0.25) is 17.6 Å². The van der Waals surface area contributed by atoms with E-state index in [4.69, 9.17) is 4.52 Å². The molecule has 0 saturated heterocycles. The highest BCUT2D eigenvalue weighted by Gasteiger charge is 2.09. The molecule has 0 fully saturated rings. The maximum Gasteiger partial charge on any atom is 0.226 e. The first-order valence-electron chi connectivity index (χ1n) is 7.95. The number of carbonyl (C=O) groups excluding carboxylic acids is 1. The van der Waals surface area contributed by atoms with E-state index in [1.54, 1.807) is 0 Å². The molecule has 0 radical (unpaired) electrons. The number of aromatic nitrogens is 2. The minimum Gasteiger partial charge on any atom is -0.339 e. The molecule has 2 aromatic carbocycles. The van der Waals surface area contributed by atoms with Gasteiger partial charge in [0.15, 0.2) is 0 Å². The highest BCUT2D eigenvalue weighted by atomic mass is 16.5. The summed E-state index contributed by atoms with van der Waals surface area (Å²) >= 11 is 0. The summed E-state index contributed by atoms with van der Waals surface area (Å²) in [4.78, 5) is 16.3. The average molecular weight is 321 g/mol. The zero-order chi connectivity index (χ0) is 16.8. The molecule has 0 spiro atoms. The lowest BCUT2D eigenvalue weighted by Gasteiger charge is -2.04. The van der Waals surface area contributed by atoms with Crippen LogP contribution in [0.1, 0.15) is 24.3 Å². The highest BCUT2D eigenvalue weighted by Crippen LogP contribution is 2.16. The molecule has 0 aliphatic heterocycles. The van der Waals surface area contributed by atoms with Crippen LogP contribution in [0.5, 0.6) is 0 Å². The lowest BCUT2D eigenvalue weighted by atomic mass is 10.2. The van der Waals surface area contributed by atoms with E-state index in [1.807, 2.05) is 61.5 Å². The highest BCUT2D eigenvalue weighted by molar-refractivity contribution is 5.90. The summed E-state index contributed by atoms with van der Waals surface area (Å²) in [5.41, 5.74) is 2.90. The summed E-state index contributed by atoms with van der Waals surface area (Å²) in [7, 11) is 0. The van der Waals surface area contributed by atoms with E-state index in [1.165, 1.54) is 5.56 Å². The quantitative estimate of drug-likeness (QED) is 0.745. The van der Waals surface area contributed by atoms with Crippen molar-refractivity contribution in [3.63, 3.8) is 0 Å². The van der Waals surface area contributed by atoms with Crippen LogP contribution in [0.4, 0.5) is 5.69 Å². The number of hydrogen-bond donors (Lipinski definition) is 1. The second-order valence-electron chi connectivity index (χ2n) is 5.65. The summed E-state index contributed by atoms with van der Waals surface area (Å²) in [5.74, 6) is 1.12. The van der Waals surface area contributed by atoms with Crippen LogP contribution in [-0.2, 0) is 11.2 Å². The van der Waals surface area contributed by atoms with Crippen molar-refractivity contribution >= 4 is 11.6 Å². The topological polar surface area (TPSA) is 68.0 Å². The van der Waals surface area contributed by atoms with Crippen molar-refractivity contribution in [3.05, 3.63) is 66.1 Å². The summed E-state index contributed by atoms with van der Waals surface area (Å²) in [6.07, 6.45) is 1.66. The molecule has 0 aliphatic carbocycles. The molecule has 1 heterocycles. The fourth-order valence-electron chi connectivity index (χ4n) is 2.32. The number of amides is 1. The van der Waals surface area contributed by atoms with Crippen molar-refractivity contribution < 1.29 is 9.32 Å². The smallest absolute Gasteiger partial charge is 0.226 e. The van der Waals surface area contributed by atoms with Gasteiger partial charge < -0.3 is 9.84 Å². The number of hydrogen-bond acceptors (Lipinski definition) is 4. The third-order valence-electron chi connectivity index (χ3n) is 3.63. The molecular weight excluding hydrogens is 302 g/mol. The third kappa shape index (κ3) is 4.29. The van der Waals surface area contributed by atoms with E-state index in [2.05, 4.69) is 15.5 Å². The standard InChI is InChI=1S/C19H19N3O2/c1-14-10-12-16(13-11-14)20-17(23)8-5-9-18-21-19(22-24-18)15-6-3-2-4-7-15/h2-4,6-7,10-13H,5,8-9H2,1H3,(H,20,23). The molecule has 0 unspecified atom stereocenters. The SMILES string of the molecule is Cc1ccc(NC(=O)CCCc2nc(-c3ccccc3)no2)cc1. The Labute approximate surface area is 140 Å². The molecule has 0 saturated carbocycles. The second-order valence-corrected chi connectivity index (χ2v) is 5.65. The molecule has 1 aromatic heterocycles. The molecule has 0 aliphatic rings. The van der Waals surface area contributed by atoms with Gasteiger partial charge in [0.1, 0.15) is 0 Å². The molecule has 5 nitrogen and oxygen atoms in total. The average Bonchev–Trinajstić information content (AvgIpc) is 3.07. The maximum absolute atomic E-state index is 11.9. The minimum atomic E-state index is -0.0124. The fraction of sp³-hybridized carbons (Fsp3) is 0.211. The summed E-state index contributed by atoms with van der Waals surface area (Å²) in [5, 5.41) is 6.85. The van der Waals surface area contributed by atoms with Crippen LogP contribution in [0.15, 0.2) is 59.1 Å². The number of anilines is 1. The van der Waals surface area contributed by atoms with Crippen LogP contribution in [-0.4, -0.2) is 16.0 Å². The van der Waals surface area contributed by atoms with Crippen molar-refractivity contribution in [2.24, 2.45) is 0 Å². The Kier molecular flexibility index (Phi) is 5.01. The van der Waals surface area contributed by atoms with E-state index >= 15 is 0 Å². The fourth-order valence-corrected chi connectivity index (χ4v) is 2.32. The van der Waals surface area contributed by atoms with E-state index in [9.17, 15) is 4.79 Å². The molecule has 0 atom stereocenters. The zero-order valence-corrected chi connectivity index (χ0v) is 13.5. The molecule has 3 rings (SSSR count). The van der Waals surface area contributed by atoms with Gasteiger partial charge in [-0.15, -0.1) is 0 Å². The molecule has 0 bridgehead atoms. The Morgan fingerprint density at radius 1 is 1.08 bits per heavy atom. The van der Waals surface area contributed by atoms with Gasteiger partial charge in [0.05, 0.1) is 0 Å². The van der Waals surface area contributed by atoms with E-state index < -0.39 is 0 Å². The summed E-state index contributed by atoms with van der Waals surface area (Å²) < 4.78 is 5.24. The third-order valence-corrected chi connectivity index (χ3v) is 3.63. The summed E-state index contributed by atoms with van der Waals surface area (Å²) in [6.45, 7) is 2.01. The van der Waals surface area contributed by atoms with Gasteiger partial charge in [-0.1, -0.05) is 53.2 Å². The Morgan fingerprint density at radius 2 is 1.83 bits per heavy atom. The number of aryl methyl sites for hydroxylation is 2. The number of benzene rings is 2. The largest absolute Gasteiger partial charge is 0.339 e. The van der Waals surface area contributed by atoms with Gasteiger partial charge in [-0.25, -0.2) is 0 Å². The molecule has 1 N–H and O–H groups in total. The Balaban J connectivity index is 1.47.